The Hall–Kier alpha value is -0.850. The maximum absolute atomic E-state index is 12.7. The molecule has 1 aliphatic heterocycles. The Morgan fingerprint density at radius 2 is 1.76 bits per heavy atom. The molecule has 0 bridgehead atoms. The van der Waals surface area contributed by atoms with Crippen molar-refractivity contribution in [2.24, 2.45) is 58.2 Å². The van der Waals surface area contributed by atoms with Crippen LogP contribution in [-0.2, 0) is 4.74 Å². The van der Waals surface area contributed by atoms with E-state index in [4.69, 9.17) is 4.74 Å². The van der Waals surface area contributed by atoms with Gasteiger partial charge < -0.3 is 25.0 Å². The molecule has 1 saturated heterocycles. The van der Waals surface area contributed by atoms with E-state index in [0.29, 0.717) is 54.6 Å². The number of carbonyl (C=O) groups is 1. The van der Waals surface area contributed by atoms with Crippen molar-refractivity contribution in [3.8, 4) is 0 Å². The number of aliphatic hydroxyl groups is 3. The number of ether oxygens (including phenoxy) is 1. The first-order chi connectivity index (χ1) is 18.1. The third-order valence-electron chi connectivity index (χ3n) is 13.0. The van der Waals surface area contributed by atoms with Gasteiger partial charge in [-0.15, -0.1) is 0 Å². The van der Waals surface area contributed by atoms with Gasteiger partial charge in [-0.1, -0.05) is 34.1 Å². The van der Waals surface area contributed by atoms with Crippen LogP contribution in [0.5, 0.6) is 0 Å². The van der Waals surface area contributed by atoms with Crippen LogP contribution in [0.25, 0.3) is 0 Å². The Morgan fingerprint density at radius 1 is 1.03 bits per heavy atom. The van der Waals surface area contributed by atoms with E-state index >= 15 is 0 Å². The lowest BCUT2D eigenvalue weighted by molar-refractivity contribution is -0.203. The van der Waals surface area contributed by atoms with E-state index in [0.717, 1.165) is 51.5 Å². The average molecular weight is 534 g/mol. The van der Waals surface area contributed by atoms with Gasteiger partial charge >= 0.3 is 6.09 Å². The summed E-state index contributed by atoms with van der Waals surface area (Å²) in [5.41, 5.74) is 0.481. The summed E-state index contributed by atoms with van der Waals surface area (Å²) in [5.74, 6) is 3.52. The maximum atomic E-state index is 12.7. The summed E-state index contributed by atoms with van der Waals surface area (Å²) in [4.78, 5) is 14.4. The zero-order valence-corrected chi connectivity index (χ0v) is 24.5. The molecule has 1 unspecified atom stereocenters. The van der Waals surface area contributed by atoms with Gasteiger partial charge in [0.1, 0.15) is 0 Å². The second-order valence-corrected chi connectivity index (χ2v) is 14.6. The summed E-state index contributed by atoms with van der Waals surface area (Å²) in [6.45, 7) is 11.6. The van der Waals surface area contributed by atoms with Gasteiger partial charge in [-0.05, 0) is 122 Å². The van der Waals surface area contributed by atoms with Gasteiger partial charge in [0.25, 0.3) is 0 Å². The van der Waals surface area contributed by atoms with E-state index in [1.54, 1.807) is 4.90 Å². The van der Waals surface area contributed by atoms with E-state index in [2.05, 4.69) is 27.7 Å². The average Bonchev–Trinajstić information content (AvgIpc) is 3.27. The summed E-state index contributed by atoms with van der Waals surface area (Å²) in [6.07, 6.45) is 10.9. The van der Waals surface area contributed by atoms with E-state index in [9.17, 15) is 20.1 Å². The molecule has 6 heteroatoms. The zero-order chi connectivity index (χ0) is 27.2. The number of hydrogen-bond donors (Lipinski definition) is 3. The normalized spacial score (nSPS) is 47.6. The van der Waals surface area contributed by atoms with E-state index < -0.39 is 0 Å². The minimum absolute atomic E-state index is 0.138. The molecular formula is C32H55NO5. The van der Waals surface area contributed by atoms with Crippen LogP contribution in [0.1, 0.15) is 98.3 Å². The van der Waals surface area contributed by atoms with Crippen molar-refractivity contribution in [2.45, 2.75) is 111 Å². The Bertz CT molecular complexity index is 837. The predicted molar refractivity (Wildman–Crippen MR) is 148 cm³/mol. The molecule has 6 nitrogen and oxygen atoms in total. The van der Waals surface area contributed by atoms with Crippen LogP contribution in [0.2, 0.25) is 0 Å². The number of likely N-dealkylation sites (tertiary alicyclic amines) is 1. The number of fused-ring (bicyclic) bond motifs is 5. The fourth-order valence-corrected chi connectivity index (χ4v) is 10.9. The quantitative estimate of drug-likeness (QED) is 0.421. The van der Waals surface area contributed by atoms with Crippen LogP contribution in [0, 0.1) is 58.2 Å². The standard InChI is InChI=1S/C32H55NO5/c1-5-23-27-17-22(35)10-13-32(27,4)26-11-14-31(3)24(8-9-25(31)28(26)29(23)36)20(2)12-16-38-30(37)33-15-6-7-21(18-33)19-34/h20-29,34-36H,5-19H2,1-4H3/t20-,21+,22-,23-,24-,25+,26+,27+,28?,29-,31-,32-/m1/s1. The second-order valence-electron chi connectivity index (χ2n) is 14.6. The van der Waals surface area contributed by atoms with Crippen LogP contribution in [0.3, 0.4) is 0 Å². The summed E-state index contributed by atoms with van der Waals surface area (Å²) in [7, 11) is 0. The highest BCUT2D eigenvalue weighted by Crippen LogP contribution is 2.69. The molecule has 4 aliphatic carbocycles. The number of rotatable bonds is 6. The molecule has 5 fully saturated rings. The molecule has 0 aromatic rings. The second kappa shape index (κ2) is 11.2. The smallest absolute Gasteiger partial charge is 0.409 e. The number of carbonyl (C=O) groups excluding carboxylic acids is 1. The van der Waals surface area contributed by atoms with E-state index in [-0.39, 0.29) is 41.7 Å². The molecule has 3 N–H and O–H groups in total. The monoisotopic (exact) mass is 533 g/mol. The van der Waals surface area contributed by atoms with Gasteiger partial charge in [-0.2, -0.15) is 0 Å². The highest BCUT2D eigenvalue weighted by molar-refractivity contribution is 5.67. The number of hydrogen-bond acceptors (Lipinski definition) is 5. The van der Waals surface area contributed by atoms with E-state index in [1.165, 1.54) is 25.7 Å². The summed E-state index contributed by atoms with van der Waals surface area (Å²) >= 11 is 0. The van der Waals surface area contributed by atoms with Crippen molar-refractivity contribution in [3.63, 3.8) is 0 Å². The fraction of sp³-hybridized carbons (Fsp3) is 0.969. The van der Waals surface area contributed by atoms with Gasteiger partial charge in [0.05, 0.1) is 18.8 Å². The largest absolute Gasteiger partial charge is 0.449 e. The van der Waals surface area contributed by atoms with Crippen molar-refractivity contribution >= 4 is 6.09 Å². The summed E-state index contributed by atoms with van der Waals surface area (Å²) in [6, 6.07) is 0. The summed E-state index contributed by atoms with van der Waals surface area (Å²) in [5, 5.41) is 31.9. The zero-order valence-electron chi connectivity index (χ0n) is 24.5. The summed E-state index contributed by atoms with van der Waals surface area (Å²) < 4.78 is 5.73. The Morgan fingerprint density at radius 3 is 2.50 bits per heavy atom. The molecule has 218 valence electrons. The molecule has 0 aromatic heterocycles. The molecule has 0 aromatic carbocycles. The molecule has 1 heterocycles. The molecule has 1 amide bonds. The molecule has 12 atom stereocenters. The first-order valence-corrected chi connectivity index (χ1v) is 16.0. The Balaban J connectivity index is 1.23. The lowest BCUT2D eigenvalue weighted by Crippen LogP contribution is -2.62. The topological polar surface area (TPSA) is 90.2 Å². The van der Waals surface area contributed by atoms with Gasteiger partial charge in [-0.3, -0.25) is 0 Å². The van der Waals surface area contributed by atoms with Gasteiger partial charge in [0, 0.05) is 19.7 Å². The molecule has 38 heavy (non-hydrogen) atoms. The van der Waals surface area contributed by atoms with Crippen molar-refractivity contribution in [3.05, 3.63) is 0 Å². The molecule has 0 spiro atoms. The first-order valence-electron chi connectivity index (χ1n) is 16.0. The van der Waals surface area contributed by atoms with Crippen molar-refractivity contribution in [1.29, 1.82) is 0 Å². The molecule has 5 aliphatic rings. The molecule has 4 saturated carbocycles. The maximum Gasteiger partial charge on any atom is 0.409 e. The van der Waals surface area contributed by atoms with Gasteiger partial charge in [-0.25, -0.2) is 4.79 Å². The SMILES string of the molecule is CC[C@H]1[C@@H](O)C2[C@@H]3CC[C@H]([C@H](C)CCOC(=O)N4CCC[C@H](CO)C4)[C@@]3(C)CC[C@@H]2[C@@]2(C)CC[C@@H](O)C[C@@H]12. The molecule has 0 radical (unpaired) electrons. The number of nitrogens with zero attached hydrogens (tertiary/aromatic N) is 1. The van der Waals surface area contributed by atoms with E-state index in [1.807, 2.05) is 0 Å². The first kappa shape index (κ1) is 28.7. The number of aliphatic hydroxyl groups excluding tert-OH is 3. The minimum Gasteiger partial charge on any atom is -0.449 e. The lowest BCUT2D eigenvalue weighted by Gasteiger charge is -2.64. The van der Waals surface area contributed by atoms with Gasteiger partial charge in [0.15, 0.2) is 0 Å². The van der Waals surface area contributed by atoms with Crippen LogP contribution in [0.15, 0.2) is 0 Å². The third-order valence-corrected chi connectivity index (χ3v) is 13.0. The lowest BCUT2D eigenvalue weighted by atomic mass is 9.41. The van der Waals surface area contributed by atoms with Crippen LogP contribution >= 0.6 is 0 Å². The third kappa shape index (κ3) is 4.83. The predicted octanol–water partition coefficient (Wildman–Crippen LogP) is 5.48. The van der Waals surface area contributed by atoms with Crippen LogP contribution in [0.4, 0.5) is 4.79 Å². The van der Waals surface area contributed by atoms with Crippen molar-refractivity contribution in [1.82, 2.24) is 4.90 Å². The molecular weight excluding hydrogens is 478 g/mol. The fourth-order valence-electron chi connectivity index (χ4n) is 10.9. The van der Waals surface area contributed by atoms with Gasteiger partial charge in [0.2, 0.25) is 0 Å². The van der Waals surface area contributed by atoms with Crippen LogP contribution in [-0.4, -0.2) is 64.8 Å². The highest BCUT2D eigenvalue weighted by Gasteiger charge is 2.64. The number of amides is 1. The Labute approximate surface area is 230 Å². The highest BCUT2D eigenvalue weighted by atomic mass is 16.6. The Kier molecular flexibility index (Phi) is 8.45. The van der Waals surface area contributed by atoms with Crippen molar-refractivity contribution in [2.75, 3.05) is 26.3 Å². The van der Waals surface area contributed by atoms with Crippen LogP contribution < -0.4 is 0 Å². The van der Waals surface area contributed by atoms with Crippen molar-refractivity contribution < 1.29 is 24.9 Å². The minimum atomic E-state index is -0.250. The number of piperidine rings is 1. The molecule has 5 rings (SSSR count).